The molecule has 2 aromatic heterocycles. The number of halogens is 3. The zero-order chi connectivity index (χ0) is 25.3. The van der Waals surface area contributed by atoms with Gasteiger partial charge in [-0.3, -0.25) is 14.6 Å². The molecule has 0 unspecified atom stereocenters. The van der Waals surface area contributed by atoms with Crippen molar-refractivity contribution in [3.63, 3.8) is 0 Å². The second-order valence-corrected chi connectivity index (χ2v) is 8.60. The molecule has 0 spiro atoms. The van der Waals surface area contributed by atoms with Gasteiger partial charge in [-0.2, -0.15) is 13.2 Å². The first-order chi connectivity index (χ1) is 16.5. The van der Waals surface area contributed by atoms with Crippen LogP contribution in [0, 0.1) is 12.8 Å². The Morgan fingerprint density at radius 1 is 1.09 bits per heavy atom. The first-order valence-corrected chi connectivity index (χ1v) is 11.0. The van der Waals surface area contributed by atoms with Gasteiger partial charge in [0.25, 0.3) is 5.56 Å². The van der Waals surface area contributed by atoms with Gasteiger partial charge in [0, 0.05) is 29.8 Å². The molecule has 2 aromatic carbocycles. The maximum absolute atomic E-state index is 12.9. The number of aromatic nitrogens is 3. The van der Waals surface area contributed by atoms with E-state index in [4.69, 9.17) is 0 Å². The number of fused-ring (bicyclic) bond motifs is 1. The van der Waals surface area contributed by atoms with Crippen LogP contribution in [0.5, 0.6) is 0 Å². The average molecular weight is 480 g/mol. The molecule has 0 saturated carbocycles. The number of amides is 1. The lowest BCUT2D eigenvalue weighted by Crippen LogP contribution is -2.27. The van der Waals surface area contributed by atoms with Crippen molar-refractivity contribution in [2.24, 2.45) is 5.92 Å². The van der Waals surface area contributed by atoms with Crippen LogP contribution in [0.2, 0.25) is 0 Å². The molecule has 0 aliphatic carbocycles. The summed E-state index contributed by atoms with van der Waals surface area (Å²) in [5.74, 6) is 0.153. The van der Waals surface area contributed by atoms with Crippen LogP contribution in [0.3, 0.4) is 0 Å². The molecule has 0 fully saturated rings. The number of aromatic amines is 1. The summed E-state index contributed by atoms with van der Waals surface area (Å²) in [5.41, 5.74) is 2.54. The van der Waals surface area contributed by atoms with Gasteiger partial charge < -0.3 is 10.3 Å². The molecular formula is C26H23F3N4O2. The molecule has 0 radical (unpaired) electrons. The van der Waals surface area contributed by atoms with E-state index in [1.807, 2.05) is 39.0 Å². The van der Waals surface area contributed by atoms with Gasteiger partial charge in [-0.05, 0) is 42.3 Å². The molecule has 4 rings (SSSR count). The predicted molar refractivity (Wildman–Crippen MR) is 127 cm³/mol. The van der Waals surface area contributed by atoms with Crippen molar-refractivity contribution < 1.29 is 18.0 Å². The standard InChI is InChI=1S/C26H23F3N4O2/c1-14(2)24(34)31-12-16-5-4-15(3)19(10-16)23-32-22-11-21(30-13-20(22)25(35)33-23)17-6-8-18(9-7-17)26(27,28)29/h4-11,13-14H,12H2,1-3H3,(H,31,34)(H,32,33,35). The molecule has 4 aromatic rings. The van der Waals surface area contributed by atoms with Crippen molar-refractivity contribution >= 4 is 16.8 Å². The molecule has 0 saturated heterocycles. The second kappa shape index (κ2) is 9.32. The van der Waals surface area contributed by atoms with Gasteiger partial charge in [0.05, 0.1) is 22.2 Å². The fraction of sp³-hybridized carbons (Fsp3) is 0.231. The molecule has 0 aliphatic rings. The third-order valence-electron chi connectivity index (χ3n) is 5.65. The summed E-state index contributed by atoms with van der Waals surface area (Å²) in [6.45, 7) is 5.85. The highest BCUT2D eigenvalue weighted by molar-refractivity contribution is 5.83. The van der Waals surface area contributed by atoms with Crippen molar-refractivity contribution in [2.75, 3.05) is 0 Å². The molecule has 1 amide bonds. The van der Waals surface area contributed by atoms with Gasteiger partial charge in [0.15, 0.2) is 0 Å². The molecule has 0 aliphatic heterocycles. The summed E-state index contributed by atoms with van der Waals surface area (Å²) in [6.07, 6.45) is -3.06. The summed E-state index contributed by atoms with van der Waals surface area (Å²) in [4.78, 5) is 36.3. The highest BCUT2D eigenvalue weighted by Gasteiger charge is 2.30. The Hall–Kier alpha value is -4.01. The first kappa shape index (κ1) is 24.1. The normalized spacial score (nSPS) is 11.7. The summed E-state index contributed by atoms with van der Waals surface area (Å²) >= 11 is 0. The fourth-order valence-corrected chi connectivity index (χ4v) is 3.58. The van der Waals surface area contributed by atoms with Crippen molar-refractivity contribution in [3.8, 4) is 22.6 Å². The Labute approximate surface area is 199 Å². The van der Waals surface area contributed by atoms with Crippen LogP contribution < -0.4 is 10.9 Å². The Kier molecular flexibility index (Phi) is 6.43. The third-order valence-corrected chi connectivity index (χ3v) is 5.65. The number of carbonyl (C=O) groups excluding carboxylic acids is 1. The molecule has 2 N–H and O–H groups in total. The third kappa shape index (κ3) is 5.24. The quantitative estimate of drug-likeness (QED) is 0.408. The smallest absolute Gasteiger partial charge is 0.352 e. The van der Waals surface area contributed by atoms with Crippen LogP contribution in [0.4, 0.5) is 13.2 Å². The number of nitrogens with zero attached hydrogens (tertiary/aromatic N) is 2. The number of benzene rings is 2. The van der Waals surface area contributed by atoms with E-state index in [1.165, 1.54) is 18.3 Å². The predicted octanol–water partition coefficient (Wildman–Crippen LogP) is 5.25. The average Bonchev–Trinajstić information content (AvgIpc) is 2.82. The van der Waals surface area contributed by atoms with Crippen LogP contribution in [0.15, 0.2) is 59.5 Å². The molecule has 35 heavy (non-hydrogen) atoms. The number of carbonyl (C=O) groups is 1. The molecule has 180 valence electrons. The van der Waals surface area contributed by atoms with Gasteiger partial charge in [-0.15, -0.1) is 0 Å². The Bertz CT molecular complexity index is 1460. The minimum Gasteiger partial charge on any atom is -0.352 e. The summed E-state index contributed by atoms with van der Waals surface area (Å²) < 4.78 is 38.6. The minimum absolute atomic E-state index is 0.0624. The lowest BCUT2D eigenvalue weighted by Gasteiger charge is -2.12. The maximum Gasteiger partial charge on any atom is 0.416 e. The van der Waals surface area contributed by atoms with Crippen molar-refractivity contribution in [1.82, 2.24) is 20.3 Å². The lowest BCUT2D eigenvalue weighted by molar-refractivity contribution is -0.137. The fourth-order valence-electron chi connectivity index (χ4n) is 3.58. The first-order valence-electron chi connectivity index (χ1n) is 11.0. The lowest BCUT2D eigenvalue weighted by atomic mass is 10.0. The highest BCUT2D eigenvalue weighted by Crippen LogP contribution is 2.31. The topological polar surface area (TPSA) is 87.7 Å². The summed E-state index contributed by atoms with van der Waals surface area (Å²) in [6, 6.07) is 11.9. The zero-order valence-corrected chi connectivity index (χ0v) is 19.3. The molecule has 0 atom stereocenters. The van der Waals surface area contributed by atoms with E-state index >= 15 is 0 Å². The molecule has 6 nitrogen and oxygen atoms in total. The van der Waals surface area contributed by atoms with Gasteiger partial charge in [-0.1, -0.05) is 38.1 Å². The highest BCUT2D eigenvalue weighted by atomic mass is 19.4. The number of H-pyrrole nitrogens is 1. The number of aryl methyl sites for hydroxylation is 1. The number of pyridine rings is 1. The van der Waals surface area contributed by atoms with E-state index in [2.05, 4.69) is 20.3 Å². The Morgan fingerprint density at radius 3 is 2.46 bits per heavy atom. The van der Waals surface area contributed by atoms with Gasteiger partial charge >= 0.3 is 6.18 Å². The van der Waals surface area contributed by atoms with Crippen LogP contribution in [0.1, 0.15) is 30.5 Å². The van der Waals surface area contributed by atoms with Crippen LogP contribution in [-0.2, 0) is 17.5 Å². The molecular weight excluding hydrogens is 457 g/mol. The zero-order valence-electron chi connectivity index (χ0n) is 19.3. The summed E-state index contributed by atoms with van der Waals surface area (Å²) in [7, 11) is 0. The number of alkyl halides is 3. The second-order valence-electron chi connectivity index (χ2n) is 8.60. The van der Waals surface area contributed by atoms with E-state index in [1.54, 1.807) is 6.07 Å². The van der Waals surface area contributed by atoms with Gasteiger partial charge in [0.1, 0.15) is 5.82 Å². The molecule has 0 bridgehead atoms. The monoisotopic (exact) mass is 480 g/mol. The SMILES string of the molecule is Cc1ccc(CNC(=O)C(C)C)cc1-c1nc2cc(-c3ccc(C(F)(F)F)cc3)ncc2c(=O)[nH]1. The van der Waals surface area contributed by atoms with Crippen LogP contribution in [-0.4, -0.2) is 20.9 Å². The van der Waals surface area contributed by atoms with E-state index in [-0.39, 0.29) is 22.8 Å². The van der Waals surface area contributed by atoms with E-state index in [0.29, 0.717) is 34.7 Å². The van der Waals surface area contributed by atoms with Crippen LogP contribution >= 0.6 is 0 Å². The van der Waals surface area contributed by atoms with E-state index in [9.17, 15) is 22.8 Å². The van der Waals surface area contributed by atoms with E-state index in [0.717, 1.165) is 23.3 Å². The number of hydrogen-bond donors (Lipinski definition) is 2. The van der Waals surface area contributed by atoms with Crippen molar-refractivity contribution in [2.45, 2.75) is 33.5 Å². The minimum atomic E-state index is -4.43. The van der Waals surface area contributed by atoms with Gasteiger partial charge in [0.2, 0.25) is 5.91 Å². The largest absolute Gasteiger partial charge is 0.416 e. The number of nitrogens with one attached hydrogen (secondary N) is 2. The van der Waals surface area contributed by atoms with Gasteiger partial charge in [-0.25, -0.2) is 4.98 Å². The molecule has 9 heteroatoms. The van der Waals surface area contributed by atoms with Crippen LogP contribution in [0.25, 0.3) is 33.5 Å². The Morgan fingerprint density at radius 2 is 1.80 bits per heavy atom. The molecule has 2 heterocycles. The van der Waals surface area contributed by atoms with Crippen molar-refractivity contribution in [1.29, 1.82) is 0 Å². The number of rotatable bonds is 5. The summed E-state index contributed by atoms with van der Waals surface area (Å²) in [5, 5.41) is 3.13. The van der Waals surface area contributed by atoms with E-state index < -0.39 is 11.7 Å². The number of hydrogen-bond acceptors (Lipinski definition) is 4. The Balaban J connectivity index is 1.71. The van der Waals surface area contributed by atoms with Crippen molar-refractivity contribution in [3.05, 3.63) is 81.8 Å². The maximum atomic E-state index is 12.9.